The molecule has 0 radical (unpaired) electrons. The Hall–Kier alpha value is -1.95. The molecule has 0 N–H and O–H groups in total. The molecule has 3 rings (SSSR count). The fourth-order valence-corrected chi connectivity index (χ4v) is 2.50. The predicted molar refractivity (Wildman–Crippen MR) is 78.3 cm³/mol. The number of aryl methyl sites for hydroxylation is 2. The number of likely N-dealkylation sites (N-methyl/N-ethyl adjacent to an activating group) is 1. The van der Waals surface area contributed by atoms with Gasteiger partial charge in [-0.2, -0.15) is 5.10 Å². The molecule has 6 heteroatoms. The summed E-state index contributed by atoms with van der Waals surface area (Å²) in [7, 11) is 2.15. The predicted octanol–water partition coefficient (Wildman–Crippen LogP) is 1.03. The molecule has 2 aromatic heterocycles. The van der Waals surface area contributed by atoms with Crippen LogP contribution >= 0.6 is 0 Å². The number of hydrogen-bond acceptors (Lipinski definition) is 5. The van der Waals surface area contributed by atoms with Gasteiger partial charge in [-0.15, -0.1) is 10.2 Å². The molecular formula is C14H20N6. The largest absolute Gasteiger partial charge is 0.353 e. The summed E-state index contributed by atoms with van der Waals surface area (Å²) in [6.45, 7) is 8.15. The Morgan fingerprint density at radius 2 is 1.60 bits per heavy atom. The molecule has 0 aromatic carbocycles. The van der Waals surface area contributed by atoms with E-state index in [0.29, 0.717) is 0 Å². The Morgan fingerprint density at radius 3 is 2.15 bits per heavy atom. The van der Waals surface area contributed by atoms with Crippen LogP contribution in [-0.2, 0) is 0 Å². The summed E-state index contributed by atoms with van der Waals surface area (Å²) in [5, 5.41) is 13.1. The fourth-order valence-electron chi connectivity index (χ4n) is 2.50. The highest BCUT2D eigenvalue weighted by Gasteiger charge is 2.16. The van der Waals surface area contributed by atoms with Gasteiger partial charge in [-0.3, -0.25) is 0 Å². The van der Waals surface area contributed by atoms with Gasteiger partial charge >= 0.3 is 0 Å². The summed E-state index contributed by atoms with van der Waals surface area (Å²) in [6.07, 6.45) is 0. The number of anilines is 1. The van der Waals surface area contributed by atoms with Crippen molar-refractivity contribution in [2.45, 2.75) is 13.8 Å². The summed E-state index contributed by atoms with van der Waals surface area (Å²) < 4.78 is 1.83. The first kappa shape index (κ1) is 13.1. The second-order valence-electron chi connectivity index (χ2n) is 5.38. The Bertz CT molecular complexity index is 580. The van der Waals surface area contributed by atoms with Gasteiger partial charge < -0.3 is 9.80 Å². The maximum Gasteiger partial charge on any atom is 0.176 e. The quantitative estimate of drug-likeness (QED) is 0.817. The van der Waals surface area contributed by atoms with Crippen LogP contribution in [0.1, 0.15) is 11.4 Å². The molecule has 2 aromatic rings. The van der Waals surface area contributed by atoms with E-state index >= 15 is 0 Å². The van der Waals surface area contributed by atoms with Crippen molar-refractivity contribution in [1.82, 2.24) is 24.9 Å². The lowest BCUT2D eigenvalue weighted by Gasteiger charge is -2.32. The topological polar surface area (TPSA) is 50.1 Å². The fraction of sp³-hybridized carbons (Fsp3) is 0.500. The van der Waals surface area contributed by atoms with Gasteiger partial charge in [0.05, 0.1) is 5.69 Å². The van der Waals surface area contributed by atoms with Crippen molar-refractivity contribution in [3.05, 3.63) is 29.6 Å². The summed E-state index contributed by atoms with van der Waals surface area (Å²) in [4.78, 5) is 4.60. The average Bonchev–Trinajstić information content (AvgIpc) is 2.79. The zero-order valence-corrected chi connectivity index (χ0v) is 12.2. The highest BCUT2D eigenvalue weighted by atomic mass is 15.4. The van der Waals surface area contributed by atoms with E-state index in [1.54, 1.807) is 0 Å². The van der Waals surface area contributed by atoms with Gasteiger partial charge in [0.1, 0.15) is 0 Å². The zero-order valence-electron chi connectivity index (χ0n) is 12.2. The van der Waals surface area contributed by atoms with E-state index in [9.17, 15) is 0 Å². The van der Waals surface area contributed by atoms with Crippen molar-refractivity contribution < 1.29 is 0 Å². The molecule has 0 atom stereocenters. The second-order valence-corrected chi connectivity index (χ2v) is 5.38. The van der Waals surface area contributed by atoms with Gasteiger partial charge in [0.2, 0.25) is 0 Å². The van der Waals surface area contributed by atoms with Crippen molar-refractivity contribution >= 4 is 5.82 Å². The maximum atomic E-state index is 4.43. The molecule has 0 saturated carbocycles. The molecule has 1 fully saturated rings. The molecule has 106 valence electrons. The smallest absolute Gasteiger partial charge is 0.176 e. The molecule has 0 amide bonds. The summed E-state index contributed by atoms with van der Waals surface area (Å²) >= 11 is 0. The molecule has 1 saturated heterocycles. The van der Waals surface area contributed by atoms with Crippen LogP contribution in [0.4, 0.5) is 5.82 Å². The van der Waals surface area contributed by atoms with Crippen LogP contribution in [0.5, 0.6) is 0 Å². The summed E-state index contributed by atoms with van der Waals surface area (Å²) in [6, 6.07) is 6.06. The van der Waals surface area contributed by atoms with Gasteiger partial charge in [-0.25, -0.2) is 4.68 Å². The molecule has 1 aliphatic heterocycles. The molecule has 0 spiro atoms. The van der Waals surface area contributed by atoms with Crippen molar-refractivity contribution in [1.29, 1.82) is 0 Å². The lowest BCUT2D eigenvalue weighted by atomic mass is 10.3. The first-order chi connectivity index (χ1) is 9.63. The van der Waals surface area contributed by atoms with Gasteiger partial charge in [0, 0.05) is 31.9 Å². The van der Waals surface area contributed by atoms with Crippen LogP contribution in [0, 0.1) is 13.8 Å². The molecule has 0 bridgehead atoms. The third-order valence-electron chi connectivity index (χ3n) is 3.69. The molecule has 20 heavy (non-hydrogen) atoms. The standard InChI is InChI=1S/C14H20N6/c1-11-10-12(2)20(17-11)14-5-4-13(15-16-14)19-8-6-18(3)7-9-19/h4-5,10H,6-9H2,1-3H3. The first-order valence-corrected chi connectivity index (χ1v) is 6.94. The molecule has 1 aliphatic rings. The number of hydrogen-bond donors (Lipinski definition) is 0. The van der Waals surface area contributed by atoms with E-state index in [1.165, 1.54) is 0 Å². The Balaban J connectivity index is 1.79. The summed E-state index contributed by atoms with van der Waals surface area (Å²) in [5.41, 5.74) is 2.07. The molecule has 0 aliphatic carbocycles. The van der Waals surface area contributed by atoms with Crippen LogP contribution < -0.4 is 4.90 Å². The maximum absolute atomic E-state index is 4.43. The minimum Gasteiger partial charge on any atom is -0.353 e. The van der Waals surface area contributed by atoms with Crippen LogP contribution in [0.25, 0.3) is 5.82 Å². The average molecular weight is 272 g/mol. The molecule has 6 nitrogen and oxygen atoms in total. The van der Waals surface area contributed by atoms with E-state index in [1.807, 2.05) is 36.7 Å². The lowest BCUT2D eigenvalue weighted by molar-refractivity contribution is 0.312. The van der Waals surface area contributed by atoms with Gasteiger partial charge in [0.15, 0.2) is 11.6 Å². The third kappa shape index (κ3) is 2.51. The Labute approximate surface area is 119 Å². The Morgan fingerprint density at radius 1 is 0.950 bits per heavy atom. The van der Waals surface area contributed by atoms with Gasteiger partial charge in [0.25, 0.3) is 0 Å². The van der Waals surface area contributed by atoms with E-state index in [2.05, 4.69) is 32.1 Å². The van der Waals surface area contributed by atoms with Crippen molar-refractivity contribution in [3.8, 4) is 5.82 Å². The number of aromatic nitrogens is 4. The van der Waals surface area contributed by atoms with Crippen molar-refractivity contribution in [2.24, 2.45) is 0 Å². The minimum atomic E-state index is 0.772. The van der Waals surface area contributed by atoms with E-state index < -0.39 is 0 Å². The van der Waals surface area contributed by atoms with Gasteiger partial charge in [-0.05, 0) is 39.1 Å². The highest BCUT2D eigenvalue weighted by Crippen LogP contribution is 2.14. The minimum absolute atomic E-state index is 0.772. The van der Waals surface area contributed by atoms with Crippen LogP contribution in [0.2, 0.25) is 0 Å². The van der Waals surface area contributed by atoms with E-state index in [0.717, 1.165) is 49.2 Å². The highest BCUT2D eigenvalue weighted by molar-refractivity contribution is 5.40. The van der Waals surface area contributed by atoms with Crippen molar-refractivity contribution in [3.63, 3.8) is 0 Å². The third-order valence-corrected chi connectivity index (χ3v) is 3.69. The normalized spacial score (nSPS) is 16.6. The SMILES string of the molecule is Cc1cc(C)n(-c2ccc(N3CCN(C)CC3)nn2)n1. The second kappa shape index (κ2) is 5.20. The zero-order chi connectivity index (χ0) is 14.1. The number of nitrogens with zero attached hydrogens (tertiary/aromatic N) is 6. The lowest BCUT2D eigenvalue weighted by Crippen LogP contribution is -2.44. The number of piperazine rings is 1. The van der Waals surface area contributed by atoms with Crippen LogP contribution in [0.15, 0.2) is 18.2 Å². The summed E-state index contributed by atoms with van der Waals surface area (Å²) in [5.74, 6) is 1.72. The number of rotatable bonds is 2. The first-order valence-electron chi connectivity index (χ1n) is 6.94. The molecule has 3 heterocycles. The van der Waals surface area contributed by atoms with Crippen LogP contribution in [-0.4, -0.2) is 58.1 Å². The van der Waals surface area contributed by atoms with Crippen molar-refractivity contribution in [2.75, 3.05) is 38.1 Å². The molecule has 0 unspecified atom stereocenters. The monoisotopic (exact) mass is 272 g/mol. The van der Waals surface area contributed by atoms with Crippen LogP contribution in [0.3, 0.4) is 0 Å². The van der Waals surface area contributed by atoms with Gasteiger partial charge in [-0.1, -0.05) is 0 Å². The Kier molecular flexibility index (Phi) is 3.40. The molecular weight excluding hydrogens is 252 g/mol. The van der Waals surface area contributed by atoms with E-state index in [4.69, 9.17) is 0 Å². The van der Waals surface area contributed by atoms with E-state index in [-0.39, 0.29) is 0 Å².